The Balaban J connectivity index is 2.05. The van der Waals surface area contributed by atoms with Gasteiger partial charge in [-0.1, -0.05) is 13.0 Å². The minimum Gasteiger partial charge on any atom is -0.478 e. The van der Waals surface area contributed by atoms with Crippen LogP contribution in [0, 0.1) is 11.6 Å². The van der Waals surface area contributed by atoms with Crippen LogP contribution in [0.3, 0.4) is 0 Å². The van der Waals surface area contributed by atoms with Crippen molar-refractivity contribution < 1.29 is 23.5 Å². The van der Waals surface area contributed by atoms with Crippen molar-refractivity contribution in [1.29, 1.82) is 0 Å². The summed E-state index contributed by atoms with van der Waals surface area (Å²) in [6, 6.07) is 2.30. The molecule has 1 amide bonds. The van der Waals surface area contributed by atoms with Gasteiger partial charge in [-0.05, 0) is 48.9 Å². The van der Waals surface area contributed by atoms with Gasteiger partial charge in [0.2, 0.25) is 5.91 Å². The number of carboxylic acid groups (broad SMARTS) is 1. The van der Waals surface area contributed by atoms with Crippen LogP contribution in [-0.4, -0.2) is 22.2 Å². The number of anilines is 1. The summed E-state index contributed by atoms with van der Waals surface area (Å²) in [6.45, 7) is 1.73. The van der Waals surface area contributed by atoms with Crippen molar-refractivity contribution in [3.8, 4) is 0 Å². The number of rotatable bonds is 7. The molecule has 0 heterocycles. The Morgan fingerprint density at radius 1 is 1.32 bits per heavy atom. The highest BCUT2D eigenvalue weighted by molar-refractivity contribution is 8.01. The normalized spacial score (nSPS) is 16.9. The molecule has 0 aromatic heterocycles. The van der Waals surface area contributed by atoms with E-state index in [2.05, 4.69) is 10.0 Å². The van der Waals surface area contributed by atoms with Crippen molar-refractivity contribution >= 4 is 29.5 Å². The predicted octanol–water partition coefficient (Wildman–Crippen LogP) is 3.61. The Hall–Kier alpha value is -2.09. The van der Waals surface area contributed by atoms with Gasteiger partial charge >= 0.3 is 5.97 Å². The molecule has 0 fully saturated rings. The molecule has 0 saturated heterocycles. The topological polar surface area (TPSA) is 78.4 Å². The summed E-state index contributed by atoms with van der Waals surface area (Å²) in [5.41, 5.74) is 0.255. The summed E-state index contributed by atoms with van der Waals surface area (Å²) in [5.74, 6) is -2.79. The zero-order valence-electron chi connectivity index (χ0n) is 13.8. The summed E-state index contributed by atoms with van der Waals surface area (Å²) in [4.78, 5) is 22.4. The zero-order chi connectivity index (χ0) is 18.4. The van der Waals surface area contributed by atoms with E-state index >= 15 is 0 Å². The average molecular weight is 370 g/mol. The number of carboxylic acids is 1. The molecule has 0 aliphatic heterocycles. The van der Waals surface area contributed by atoms with Crippen LogP contribution in [0.2, 0.25) is 0 Å². The van der Waals surface area contributed by atoms with Crippen molar-refractivity contribution in [3.63, 3.8) is 0 Å². The Labute approximate surface area is 149 Å². The van der Waals surface area contributed by atoms with Crippen molar-refractivity contribution in [2.24, 2.45) is 0 Å². The standard InChI is InChI=1S/C17H20F2N2O3S/c1-2-15(22)20-9-10-7-12(18)16(13(19)8-10)21-25-14-6-4-3-5-11(14)17(23)24/h5,7-8,14,21H,2-4,6,9H2,1H3,(H,20,22)(H,23,24). The highest BCUT2D eigenvalue weighted by Crippen LogP contribution is 2.32. The fraction of sp³-hybridized carbons (Fsp3) is 0.412. The predicted molar refractivity (Wildman–Crippen MR) is 93.1 cm³/mol. The van der Waals surface area contributed by atoms with Gasteiger partial charge in [0.25, 0.3) is 0 Å². The van der Waals surface area contributed by atoms with Crippen LogP contribution in [0.1, 0.15) is 38.2 Å². The summed E-state index contributed by atoms with van der Waals surface area (Å²) in [5, 5.41) is 11.4. The van der Waals surface area contributed by atoms with Crippen LogP contribution in [0.25, 0.3) is 0 Å². The first-order chi connectivity index (χ1) is 11.9. The second-order valence-corrected chi connectivity index (χ2v) is 6.68. The number of hydrogen-bond donors (Lipinski definition) is 3. The molecule has 1 aliphatic carbocycles. The van der Waals surface area contributed by atoms with E-state index in [4.69, 9.17) is 0 Å². The quantitative estimate of drug-likeness (QED) is 0.639. The van der Waals surface area contributed by atoms with Gasteiger partial charge in [0, 0.05) is 18.5 Å². The minimum atomic E-state index is -1.01. The van der Waals surface area contributed by atoms with E-state index in [1.165, 1.54) is 0 Å². The summed E-state index contributed by atoms with van der Waals surface area (Å²) >= 11 is 0.994. The maximum Gasteiger partial charge on any atom is 0.332 e. The lowest BCUT2D eigenvalue weighted by Gasteiger charge is -2.21. The van der Waals surface area contributed by atoms with E-state index in [0.29, 0.717) is 24.8 Å². The van der Waals surface area contributed by atoms with Gasteiger partial charge in [-0.25, -0.2) is 13.6 Å². The number of aliphatic carboxylic acids is 1. The summed E-state index contributed by atoms with van der Waals surface area (Å²) < 4.78 is 30.9. The number of nitrogens with one attached hydrogen (secondary N) is 2. The number of halogens is 2. The van der Waals surface area contributed by atoms with Crippen molar-refractivity contribution in [3.05, 3.63) is 41.0 Å². The highest BCUT2D eigenvalue weighted by atomic mass is 32.2. The van der Waals surface area contributed by atoms with Crippen LogP contribution in [0.15, 0.2) is 23.8 Å². The lowest BCUT2D eigenvalue weighted by atomic mass is 9.99. The van der Waals surface area contributed by atoms with Crippen LogP contribution >= 0.6 is 11.9 Å². The molecule has 0 bridgehead atoms. The van der Waals surface area contributed by atoms with E-state index in [0.717, 1.165) is 30.5 Å². The van der Waals surface area contributed by atoms with Gasteiger partial charge in [-0.15, -0.1) is 0 Å². The van der Waals surface area contributed by atoms with E-state index in [-0.39, 0.29) is 29.0 Å². The molecule has 1 aromatic carbocycles. The smallest absolute Gasteiger partial charge is 0.332 e. The highest BCUT2D eigenvalue weighted by Gasteiger charge is 2.24. The van der Waals surface area contributed by atoms with E-state index < -0.39 is 17.6 Å². The van der Waals surface area contributed by atoms with Gasteiger partial charge in [0.1, 0.15) is 5.69 Å². The number of hydrogen-bond acceptors (Lipinski definition) is 4. The molecule has 1 atom stereocenters. The maximum absolute atomic E-state index is 14.2. The molecule has 8 heteroatoms. The average Bonchev–Trinajstić information content (AvgIpc) is 2.59. The van der Waals surface area contributed by atoms with Crippen molar-refractivity contribution in [2.75, 3.05) is 4.72 Å². The lowest BCUT2D eigenvalue weighted by molar-refractivity contribution is -0.132. The van der Waals surface area contributed by atoms with E-state index in [1.54, 1.807) is 13.0 Å². The summed E-state index contributed by atoms with van der Waals surface area (Å²) in [7, 11) is 0. The Bertz CT molecular complexity index is 671. The number of amides is 1. The fourth-order valence-electron chi connectivity index (χ4n) is 2.48. The first-order valence-corrected chi connectivity index (χ1v) is 8.90. The second-order valence-electron chi connectivity index (χ2n) is 5.67. The third-order valence-electron chi connectivity index (χ3n) is 3.84. The molecule has 1 aliphatic rings. The Kier molecular flexibility index (Phi) is 6.81. The molecule has 3 N–H and O–H groups in total. The van der Waals surface area contributed by atoms with Gasteiger partial charge in [0.15, 0.2) is 11.6 Å². The number of allylic oxidation sites excluding steroid dienone is 1. The lowest BCUT2D eigenvalue weighted by Crippen LogP contribution is -2.22. The first-order valence-electron chi connectivity index (χ1n) is 8.02. The van der Waals surface area contributed by atoms with Crippen LogP contribution < -0.4 is 10.0 Å². The molecule has 0 radical (unpaired) electrons. The molecular formula is C17H20F2N2O3S. The van der Waals surface area contributed by atoms with Crippen molar-refractivity contribution in [1.82, 2.24) is 5.32 Å². The molecule has 1 aromatic rings. The van der Waals surface area contributed by atoms with Crippen LogP contribution in [0.5, 0.6) is 0 Å². The van der Waals surface area contributed by atoms with E-state index in [9.17, 15) is 23.5 Å². The molecule has 25 heavy (non-hydrogen) atoms. The monoisotopic (exact) mass is 370 g/mol. The number of carbonyl (C=O) groups excluding carboxylic acids is 1. The zero-order valence-corrected chi connectivity index (χ0v) is 14.6. The third-order valence-corrected chi connectivity index (χ3v) is 4.94. The van der Waals surface area contributed by atoms with Gasteiger partial charge in [0.05, 0.1) is 5.25 Å². The molecule has 2 rings (SSSR count). The van der Waals surface area contributed by atoms with Gasteiger partial charge in [-0.3, -0.25) is 4.79 Å². The Morgan fingerprint density at radius 3 is 2.60 bits per heavy atom. The minimum absolute atomic E-state index is 0.0441. The number of carbonyl (C=O) groups is 2. The van der Waals surface area contributed by atoms with Gasteiger partial charge in [-0.2, -0.15) is 0 Å². The molecule has 0 saturated carbocycles. The molecule has 0 spiro atoms. The SMILES string of the molecule is CCC(=O)NCc1cc(F)c(NSC2CCCC=C2C(=O)O)c(F)c1. The van der Waals surface area contributed by atoms with Crippen molar-refractivity contribution in [2.45, 2.75) is 44.4 Å². The van der Waals surface area contributed by atoms with Crippen LogP contribution in [0.4, 0.5) is 14.5 Å². The second kappa shape index (κ2) is 8.84. The molecular weight excluding hydrogens is 350 g/mol. The maximum atomic E-state index is 14.2. The molecule has 136 valence electrons. The van der Waals surface area contributed by atoms with Crippen LogP contribution in [-0.2, 0) is 16.1 Å². The molecule has 1 unspecified atom stereocenters. The molecule has 5 nitrogen and oxygen atoms in total. The largest absolute Gasteiger partial charge is 0.478 e. The van der Waals surface area contributed by atoms with E-state index in [1.807, 2.05) is 0 Å². The Morgan fingerprint density at radius 2 is 2.00 bits per heavy atom. The third kappa shape index (κ3) is 5.19. The first kappa shape index (κ1) is 19.2. The number of benzene rings is 1. The summed E-state index contributed by atoms with van der Waals surface area (Å²) in [6.07, 6.45) is 4.09. The fourth-order valence-corrected chi connectivity index (χ4v) is 3.54. The van der Waals surface area contributed by atoms with Gasteiger partial charge < -0.3 is 15.1 Å².